The number of rotatable bonds is 6. The summed E-state index contributed by atoms with van der Waals surface area (Å²) in [5.74, 6) is -0.226. The van der Waals surface area contributed by atoms with Crippen LogP contribution in [0.2, 0.25) is 0 Å². The summed E-state index contributed by atoms with van der Waals surface area (Å²) >= 11 is 0. The molecule has 0 amide bonds. The average molecular weight is 320 g/mol. The maximum absolute atomic E-state index is 13.2. The highest BCUT2D eigenvalue weighted by atomic mass is 19.1. The Bertz CT molecular complexity index is 680. The first kappa shape index (κ1) is 17.1. The van der Waals surface area contributed by atoms with E-state index in [9.17, 15) is 9.18 Å². The van der Waals surface area contributed by atoms with Gasteiger partial charge in [0.15, 0.2) is 5.69 Å². The van der Waals surface area contributed by atoms with Gasteiger partial charge in [0.05, 0.1) is 12.3 Å². The van der Waals surface area contributed by atoms with Crippen molar-refractivity contribution in [1.29, 1.82) is 0 Å². The summed E-state index contributed by atoms with van der Waals surface area (Å²) in [4.78, 5) is 16.8. The number of aryl methyl sites for hydroxylation is 1. The van der Waals surface area contributed by atoms with Crippen molar-refractivity contribution in [2.24, 2.45) is 0 Å². The van der Waals surface area contributed by atoms with Gasteiger partial charge in [-0.3, -0.25) is 4.57 Å². The van der Waals surface area contributed by atoms with Gasteiger partial charge in [-0.15, -0.1) is 0 Å². The minimum atomic E-state index is -0.447. The SMILES string of the molecule is CCOC(=O)c1c(C)nc(-c2ccc(F)cc2)n1C(C)OCC. The Balaban J connectivity index is 2.59. The zero-order chi connectivity index (χ0) is 17.0. The van der Waals surface area contributed by atoms with Crippen LogP contribution in [-0.4, -0.2) is 28.7 Å². The number of ether oxygens (including phenoxy) is 2. The highest BCUT2D eigenvalue weighted by Gasteiger charge is 2.25. The second-order valence-corrected chi connectivity index (χ2v) is 5.02. The van der Waals surface area contributed by atoms with Crippen molar-refractivity contribution in [3.63, 3.8) is 0 Å². The zero-order valence-corrected chi connectivity index (χ0v) is 13.8. The number of nitrogens with zero attached hydrogens (tertiary/aromatic N) is 2. The quantitative estimate of drug-likeness (QED) is 0.761. The lowest BCUT2D eigenvalue weighted by Gasteiger charge is -2.19. The fraction of sp³-hybridized carbons (Fsp3) is 0.412. The van der Waals surface area contributed by atoms with E-state index in [1.54, 1.807) is 30.5 Å². The van der Waals surface area contributed by atoms with Crippen molar-refractivity contribution in [3.05, 3.63) is 41.5 Å². The lowest BCUT2D eigenvalue weighted by molar-refractivity contribution is 0.0195. The van der Waals surface area contributed by atoms with Gasteiger partial charge >= 0.3 is 5.97 Å². The summed E-state index contributed by atoms with van der Waals surface area (Å²) in [6, 6.07) is 5.97. The Kier molecular flexibility index (Phi) is 5.50. The van der Waals surface area contributed by atoms with Crippen LogP contribution >= 0.6 is 0 Å². The smallest absolute Gasteiger partial charge is 0.356 e. The molecule has 0 spiro atoms. The standard InChI is InChI=1S/C17H21FN2O3/c1-5-22-12(4)20-15(17(21)23-6-2)11(3)19-16(20)13-7-9-14(18)10-8-13/h7-10,12H,5-6H2,1-4H3. The van der Waals surface area contributed by atoms with E-state index in [1.165, 1.54) is 12.1 Å². The molecular formula is C17H21FN2O3. The summed E-state index contributed by atoms with van der Waals surface area (Å²) < 4.78 is 25.6. The molecule has 0 fully saturated rings. The maximum atomic E-state index is 13.2. The van der Waals surface area contributed by atoms with Crippen molar-refractivity contribution in [2.75, 3.05) is 13.2 Å². The van der Waals surface area contributed by atoms with Gasteiger partial charge in [0.2, 0.25) is 0 Å². The number of esters is 1. The number of carbonyl (C=O) groups excluding carboxylic acids is 1. The van der Waals surface area contributed by atoms with Gasteiger partial charge in [0, 0.05) is 12.2 Å². The van der Waals surface area contributed by atoms with Gasteiger partial charge in [0.1, 0.15) is 17.9 Å². The number of carbonyl (C=O) groups is 1. The number of benzene rings is 1. The highest BCUT2D eigenvalue weighted by Crippen LogP contribution is 2.27. The van der Waals surface area contributed by atoms with E-state index in [2.05, 4.69) is 4.98 Å². The topological polar surface area (TPSA) is 53.3 Å². The van der Waals surface area contributed by atoms with Crippen molar-refractivity contribution in [2.45, 2.75) is 33.9 Å². The maximum Gasteiger partial charge on any atom is 0.356 e. The van der Waals surface area contributed by atoms with Gasteiger partial charge < -0.3 is 9.47 Å². The molecule has 0 N–H and O–H groups in total. The molecule has 1 atom stereocenters. The molecule has 0 saturated carbocycles. The lowest BCUT2D eigenvalue weighted by atomic mass is 10.2. The average Bonchev–Trinajstić information content (AvgIpc) is 2.86. The molecule has 1 heterocycles. The van der Waals surface area contributed by atoms with Crippen molar-refractivity contribution in [3.8, 4) is 11.4 Å². The predicted octanol–water partition coefficient (Wildman–Crippen LogP) is 3.73. The second kappa shape index (κ2) is 7.37. The first-order chi connectivity index (χ1) is 11.0. The van der Waals surface area contributed by atoms with Crippen LogP contribution in [0.3, 0.4) is 0 Å². The summed E-state index contributed by atoms with van der Waals surface area (Å²) in [6.45, 7) is 7.97. The Morgan fingerprint density at radius 3 is 2.48 bits per heavy atom. The molecule has 0 aliphatic heterocycles. The summed E-state index contributed by atoms with van der Waals surface area (Å²) in [7, 11) is 0. The van der Waals surface area contributed by atoms with Crippen molar-refractivity contribution in [1.82, 2.24) is 9.55 Å². The number of imidazole rings is 1. The van der Waals surface area contributed by atoms with Gasteiger partial charge in [-0.25, -0.2) is 14.2 Å². The van der Waals surface area contributed by atoms with E-state index < -0.39 is 12.2 Å². The van der Waals surface area contributed by atoms with E-state index in [1.807, 2.05) is 13.8 Å². The molecule has 1 unspecified atom stereocenters. The molecule has 0 aliphatic carbocycles. The highest BCUT2D eigenvalue weighted by molar-refractivity contribution is 5.90. The number of halogens is 1. The Labute approximate surface area is 135 Å². The third-order valence-corrected chi connectivity index (χ3v) is 3.43. The summed E-state index contributed by atoms with van der Waals surface area (Å²) in [5.41, 5.74) is 1.61. The van der Waals surface area contributed by atoms with Crippen LogP contribution in [0.1, 0.15) is 43.2 Å². The molecule has 6 heteroatoms. The molecule has 1 aromatic carbocycles. The van der Waals surface area contributed by atoms with Gasteiger partial charge in [-0.1, -0.05) is 0 Å². The van der Waals surface area contributed by atoms with E-state index in [0.717, 1.165) is 0 Å². The first-order valence-electron chi connectivity index (χ1n) is 7.63. The third kappa shape index (κ3) is 3.59. The van der Waals surface area contributed by atoms with Crippen LogP contribution in [0.15, 0.2) is 24.3 Å². The molecule has 0 radical (unpaired) electrons. The molecule has 0 bridgehead atoms. The first-order valence-corrected chi connectivity index (χ1v) is 7.63. The molecule has 2 aromatic rings. The molecule has 23 heavy (non-hydrogen) atoms. The molecule has 5 nitrogen and oxygen atoms in total. The Morgan fingerprint density at radius 1 is 1.26 bits per heavy atom. The van der Waals surface area contributed by atoms with Crippen LogP contribution in [0.4, 0.5) is 4.39 Å². The fourth-order valence-electron chi connectivity index (χ4n) is 2.46. The fourth-order valence-corrected chi connectivity index (χ4v) is 2.46. The predicted molar refractivity (Wildman–Crippen MR) is 84.7 cm³/mol. The van der Waals surface area contributed by atoms with Gasteiger partial charge in [-0.2, -0.15) is 0 Å². The Hall–Kier alpha value is -2.21. The molecule has 1 aromatic heterocycles. The van der Waals surface area contributed by atoms with Crippen LogP contribution in [-0.2, 0) is 9.47 Å². The van der Waals surface area contributed by atoms with Crippen LogP contribution in [0.5, 0.6) is 0 Å². The Morgan fingerprint density at radius 2 is 1.91 bits per heavy atom. The van der Waals surface area contributed by atoms with E-state index in [0.29, 0.717) is 29.4 Å². The molecule has 124 valence electrons. The number of hydrogen-bond donors (Lipinski definition) is 0. The largest absolute Gasteiger partial charge is 0.461 e. The van der Waals surface area contributed by atoms with Crippen molar-refractivity contribution < 1.29 is 18.7 Å². The minimum absolute atomic E-state index is 0.276. The number of aromatic nitrogens is 2. The monoisotopic (exact) mass is 320 g/mol. The molecule has 0 saturated heterocycles. The van der Waals surface area contributed by atoms with Crippen LogP contribution in [0, 0.1) is 12.7 Å². The van der Waals surface area contributed by atoms with Crippen molar-refractivity contribution >= 4 is 5.97 Å². The summed E-state index contributed by atoms with van der Waals surface area (Å²) in [6.07, 6.45) is -0.402. The van der Waals surface area contributed by atoms with E-state index in [4.69, 9.17) is 9.47 Å². The normalized spacial score (nSPS) is 12.2. The van der Waals surface area contributed by atoms with E-state index >= 15 is 0 Å². The van der Waals surface area contributed by atoms with Crippen LogP contribution < -0.4 is 0 Å². The van der Waals surface area contributed by atoms with Gasteiger partial charge in [0.25, 0.3) is 0 Å². The molecule has 0 aliphatic rings. The second-order valence-electron chi connectivity index (χ2n) is 5.02. The molecule has 2 rings (SSSR count). The minimum Gasteiger partial charge on any atom is -0.461 e. The third-order valence-electron chi connectivity index (χ3n) is 3.43. The summed E-state index contributed by atoms with van der Waals surface area (Å²) in [5, 5.41) is 0. The zero-order valence-electron chi connectivity index (χ0n) is 13.8. The molecular weight excluding hydrogens is 299 g/mol. The lowest BCUT2D eigenvalue weighted by Crippen LogP contribution is -2.19. The number of hydrogen-bond acceptors (Lipinski definition) is 4. The van der Waals surface area contributed by atoms with Crippen LogP contribution in [0.25, 0.3) is 11.4 Å². The van der Waals surface area contributed by atoms with Gasteiger partial charge in [-0.05, 0) is 52.0 Å². The van der Waals surface area contributed by atoms with E-state index in [-0.39, 0.29) is 12.4 Å².